The van der Waals surface area contributed by atoms with Gasteiger partial charge < -0.3 is 14.5 Å². The summed E-state index contributed by atoms with van der Waals surface area (Å²) in [6.07, 6.45) is 5.47. The largest absolute Gasteiger partial charge is 0.378 e. The Morgan fingerprint density at radius 2 is 1.72 bits per heavy atom. The van der Waals surface area contributed by atoms with E-state index < -0.39 is 0 Å². The molecule has 1 aromatic rings. The van der Waals surface area contributed by atoms with E-state index in [4.69, 9.17) is 4.74 Å². The van der Waals surface area contributed by atoms with E-state index >= 15 is 0 Å². The molecule has 1 heterocycles. The van der Waals surface area contributed by atoms with Crippen molar-refractivity contribution in [3.63, 3.8) is 0 Å². The van der Waals surface area contributed by atoms with Gasteiger partial charge in [0.25, 0.3) is 0 Å². The van der Waals surface area contributed by atoms with Crippen LogP contribution in [0.15, 0.2) is 24.3 Å². The number of hydrogen-bond acceptors (Lipinski definition) is 4. The highest BCUT2D eigenvalue weighted by Crippen LogP contribution is 2.24. The normalized spacial score (nSPS) is 18.1. The Morgan fingerprint density at radius 1 is 1.07 bits per heavy atom. The summed E-state index contributed by atoms with van der Waals surface area (Å²) in [5.41, 5.74) is 0.928. The van der Waals surface area contributed by atoms with Crippen LogP contribution in [0.1, 0.15) is 37.7 Å². The van der Waals surface area contributed by atoms with Crippen LogP contribution < -0.4 is 0 Å². The van der Waals surface area contributed by atoms with Crippen molar-refractivity contribution >= 4 is 11.8 Å². The monoisotopic (exact) mass is 405 g/mol. The van der Waals surface area contributed by atoms with Gasteiger partial charge in [0.2, 0.25) is 11.8 Å². The summed E-state index contributed by atoms with van der Waals surface area (Å²) < 4.78 is 18.5. The first-order valence-corrected chi connectivity index (χ1v) is 10.6. The first-order valence-electron chi connectivity index (χ1n) is 10.6. The van der Waals surface area contributed by atoms with Crippen molar-refractivity contribution in [1.29, 1.82) is 0 Å². The third kappa shape index (κ3) is 6.51. The van der Waals surface area contributed by atoms with E-state index in [9.17, 15) is 14.0 Å². The summed E-state index contributed by atoms with van der Waals surface area (Å²) in [7, 11) is 1.81. The Balaban J connectivity index is 1.60. The molecule has 1 aliphatic carbocycles. The van der Waals surface area contributed by atoms with E-state index in [1.807, 2.05) is 11.9 Å². The molecule has 29 heavy (non-hydrogen) atoms. The number of rotatable bonds is 7. The molecule has 1 saturated heterocycles. The molecule has 0 atom stereocenters. The predicted molar refractivity (Wildman–Crippen MR) is 109 cm³/mol. The Kier molecular flexibility index (Phi) is 8.00. The molecule has 2 fully saturated rings. The highest BCUT2D eigenvalue weighted by Gasteiger charge is 2.27. The molecule has 0 spiro atoms. The molecule has 0 unspecified atom stereocenters. The van der Waals surface area contributed by atoms with Crippen LogP contribution in [0.5, 0.6) is 0 Å². The second-order valence-corrected chi connectivity index (χ2v) is 8.11. The van der Waals surface area contributed by atoms with E-state index in [1.54, 1.807) is 21.9 Å². The van der Waals surface area contributed by atoms with Crippen LogP contribution >= 0.6 is 0 Å². The number of carbonyl (C=O) groups excluding carboxylic acids is 2. The van der Waals surface area contributed by atoms with Crippen LogP contribution in [0, 0.1) is 5.82 Å². The van der Waals surface area contributed by atoms with Gasteiger partial charge in [-0.25, -0.2) is 4.39 Å². The van der Waals surface area contributed by atoms with Crippen molar-refractivity contribution in [3.05, 3.63) is 35.6 Å². The lowest BCUT2D eigenvalue weighted by Gasteiger charge is -2.36. The SMILES string of the molecule is CN(CC(=O)N1CCOCC1)CC(=O)N(Cc1ccc(F)cc1)C1CCCCC1. The first-order chi connectivity index (χ1) is 14.0. The van der Waals surface area contributed by atoms with E-state index in [0.29, 0.717) is 32.8 Å². The van der Waals surface area contributed by atoms with Gasteiger partial charge in [-0.1, -0.05) is 31.4 Å². The van der Waals surface area contributed by atoms with Gasteiger partial charge in [0.15, 0.2) is 0 Å². The number of likely N-dealkylation sites (N-methyl/N-ethyl adjacent to an activating group) is 1. The molecule has 0 aromatic heterocycles. The topological polar surface area (TPSA) is 53.1 Å². The smallest absolute Gasteiger partial charge is 0.237 e. The minimum Gasteiger partial charge on any atom is -0.378 e. The zero-order valence-corrected chi connectivity index (χ0v) is 17.3. The second kappa shape index (κ2) is 10.7. The van der Waals surface area contributed by atoms with Crippen molar-refractivity contribution in [2.45, 2.75) is 44.7 Å². The van der Waals surface area contributed by atoms with Gasteiger partial charge in [-0.15, -0.1) is 0 Å². The maximum Gasteiger partial charge on any atom is 0.237 e. The summed E-state index contributed by atoms with van der Waals surface area (Å²) >= 11 is 0. The number of amides is 2. The van der Waals surface area contributed by atoms with Crippen molar-refractivity contribution < 1.29 is 18.7 Å². The summed E-state index contributed by atoms with van der Waals surface area (Å²) in [6, 6.07) is 6.57. The van der Waals surface area contributed by atoms with Crippen molar-refractivity contribution in [1.82, 2.24) is 14.7 Å². The fraction of sp³-hybridized carbons (Fsp3) is 0.636. The van der Waals surface area contributed by atoms with Crippen LogP contribution in [0.2, 0.25) is 0 Å². The molecule has 0 bridgehead atoms. The van der Waals surface area contributed by atoms with Gasteiger partial charge in [0, 0.05) is 25.7 Å². The molecule has 7 heteroatoms. The van der Waals surface area contributed by atoms with E-state index in [2.05, 4.69) is 0 Å². The van der Waals surface area contributed by atoms with Crippen molar-refractivity contribution in [2.75, 3.05) is 46.4 Å². The third-order valence-corrected chi connectivity index (χ3v) is 5.78. The van der Waals surface area contributed by atoms with E-state index in [0.717, 1.165) is 31.2 Å². The fourth-order valence-corrected chi connectivity index (χ4v) is 4.12. The lowest BCUT2D eigenvalue weighted by molar-refractivity contribution is -0.139. The van der Waals surface area contributed by atoms with Gasteiger partial charge in [0.1, 0.15) is 5.82 Å². The quantitative estimate of drug-likeness (QED) is 0.698. The number of ether oxygens (including phenoxy) is 1. The van der Waals surface area contributed by atoms with Gasteiger partial charge in [0.05, 0.1) is 26.3 Å². The number of nitrogens with zero attached hydrogens (tertiary/aromatic N) is 3. The lowest BCUT2D eigenvalue weighted by atomic mass is 9.93. The number of benzene rings is 1. The molecule has 0 radical (unpaired) electrons. The summed E-state index contributed by atoms with van der Waals surface area (Å²) in [5.74, 6) is -0.212. The third-order valence-electron chi connectivity index (χ3n) is 5.78. The van der Waals surface area contributed by atoms with Crippen molar-refractivity contribution in [3.8, 4) is 0 Å². The molecular weight excluding hydrogens is 373 g/mol. The molecule has 1 saturated carbocycles. The molecular formula is C22H32FN3O3. The maximum absolute atomic E-state index is 13.3. The van der Waals surface area contributed by atoms with E-state index in [-0.39, 0.29) is 36.8 Å². The van der Waals surface area contributed by atoms with Gasteiger partial charge in [-0.3, -0.25) is 14.5 Å². The Hall–Kier alpha value is -1.99. The van der Waals surface area contributed by atoms with Gasteiger partial charge >= 0.3 is 0 Å². The van der Waals surface area contributed by atoms with Crippen LogP contribution in [0.3, 0.4) is 0 Å². The number of hydrogen-bond donors (Lipinski definition) is 0. The molecule has 6 nitrogen and oxygen atoms in total. The lowest BCUT2D eigenvalue weighted by Crippen LogP contribution is -2.48. The maximum atomic E-state index is 13.3. The zero-order valence-electron chi connectivity index (χ0n) is 17.3. The predicted octanol–water partition coefficient (Wildman–Crippen LogP) is 2.28. The molecule has 2 aliphatic rings. The number of morpholine rings is 1. The number of carbonyl (C=O) groups is 2. The van der Waals surface area contributed by atoms with Crippen LogP contribution in [-0.4, -0.2) is 79.0 Å². The summed E-state index contributed by atoms with van der Waals surface area (Å²) in [6.45, 7) is 3.27. The number of halogens is 1. The van der Waals surface area contributed by atoms with Crippen LogP contribution in [-0.2, 0) is 20.9 Å². The van der Waals surface area contributed by atoms with Crippen LogP contribution in [0.4, 0.5) is 4.39 Å². The van der Waals surface area contributed by atoms with Crippen molar-refractivity contribution in [2.24, 2.45) is 0 Å². The van der Waals surface area contributed by atoms with Crippen LogP contribution in [0.25, 0.3) is 0 Å². The molecule has 1 aliphatic heterocycles. The van der Waals surface area contributed by atoms with Gasteiger partial charge in [-0.05, 0) is 37.6 Å². The Labute approximate surface area is 172 Å². The Morgan fingerprint density at radius 3 is 2.38 bits per heavy atom. The molecule has 0 N–H and O–H groups in total. The standard InChI is InChI=1S/C22H32FN3O3/c1-24(16-21(27)25-11-13-29-14-12-25)17-22(28)26(20-5-3-2-4-6-20)15-18-7-9-19(23)10-8-18/h7-10,20H,2-6,11-17H2,1H3. The van der Waals surface area contributed by atoms with Gasteiger partial charge in [-0.2, -0.15) is 0 Å². The molecule has 2 amide bonds. The first kappa shape index (κ1) is 21.7. The second-order valence-electron chi connectivity index (χ2n) is 8.11. The Bertz CT molecular complexity index is 670. The highest BCUT2D eigenvalue weighted by atomic mass is 19.1. The summed E-state index contributed by atoms with van der Waals surface area (Å²) in [4.78, 5) is 31.1. The van der Waals surface area contributed by atoms with E-state index in [1.165, 1.54) is 18.6 Å². The average Bonchev–Trinajstić information content (AvgIpc) is 2.74. The minimum atomic E-state index is -0.273. The molecule has 1 aromatic carbocycles. The average molecular weight is 406 g/mol. The molecule has 3 rings (SSSR count). The fourth-order valence-electron chi connectivity index (χ4n) is 4.12. The molecule has 160 valence electrons. The zero-order chi connectivity index (χ0) is 20.6. The minimum absolute atomic E-state index is 0.0264. The highest BCUT2D eigenvalue weighted by molar-refractivity contribution is 5.81. The summed E-state index contributed by atoms with van der Waals surface area (Å²) in [5, 5.41) is 0.